The highest BCUT2D eigenvalue weighted by Gasteiger charge is 2.14. The molecule has 0 aromatic rings. The van der Waals surface area contributed by atoms with Crippen molar-refractivity contribution < 1.29 is 19.8 Å². The summed E-state index contributed by atoms with van der Waals surface area (Å²) in [6.45, 7) is 1.81. The van der Waals surface area contributed by atoms with Gasteiger partial charge >= 0.3 is 12.0 Å². The average molecular weight is 245 g/mol. The van der Waals surface area contributed by atoms with Crippen LogP contribution in [0.3, 0.4) is 0 Å². The summed E-state index contributed by atoms with van der Waals surface area (Å²) in [6.07, 6.45) is 1.90. The number of rotatable bonds is 5. The minimum atomic E-state index is -1.43. The van der Waals surface area contributed by atoms with E-state index >= 15 is 0 Å². The van der Waals surface area contributed by atoms with Gasteiger partial charge in [0.15, 0.2) is 6.10 Å². The van der Waals surface area contributed by atoms with E-state index < -0.39 is 12.1 Å². The first-order valence-corrected chi connectivity index (χ1v) is 5.80. The molecule has 0 aromatic heterocycles. The van der Waals surface area contributed by atoms with Crippen molar-refractivity contribution in [2.45, 2.75) is 31.8 Å². The fraction of sp³-hybridized carbons (Fsp3) is 0.800. The Kier molecular flexibility index (Phi) is 5.71. The summed E-state index contributed by atoms with van der Waals surface area (Å²) in [6, 6.07) is -0.357. The van der Waals surface area contributed by atoms with Gasteiger partial charge in [-0.15, -0.1) is 0 Å². The molecule has 0 aromatic carbocycles. The Balaban J connectivity index is 2.10. The molecule has 1 atom stereocenters. The van der Waals surface area contributed by atoms with Gasteiger partial charge in [-0.25, -0.2) is 14.6 Å². The van der Waals surface area contributed by atoms with Crippen LogP contribution < -0.4 is 10.7 Å². The number of carbonyl (C=O) groups excluding carboxylic acids is 1. The zero-order valence-corrected chi connectivity index (χ0v) is 9.69. The molecule has 0 aliphatic carbocycles. The van der Waals surface area contributed by atoms with Crippen LogP contribution in [0.15, 0.2) is 0 Å². The van der Waals surface area contributed by atoms with Gasteiger partial charge in [0.05, 0.1) is 0 Å². The predicted octanol–water partition coefficient (Wildman–Crippen LogP) is -0.478. The Bertz CT molecular complexity index is 266. The Morgan fingerprint density at radius 2 is 1.88 bits per heavy atom. The molecule has 0 spiro atoms. The van der Waals surface area contributed by atoms with E-state index in [-0.39, 0.29) is 19.0 Å². The van der Waals surface area contributed by atoms with Crippen molar-refractivity contribution in [3.8, 4) is 0 Å². The van der Waals surface area contributed by atoms with E-state index in [4.69, 9.17) is 10.2 Å². The molecule has 4 N–H and O–H groups in total. The van der Waals surface area contributed by atoms with Crippen LogP contribution in [0.1, 0.15) is 25.7 Å². The van der Waals surface area contributed by atoms with Crippen LogP contribution in [0.2, 0.25) is 0 Å². The number of carboxylic acid groups (broad SMARTS) is 1. The molecule has 0 bridgehead atoms. The number of nitrogens with one attached hydrogen (secondary N) is 2. The molecule has 1 aliphatic rings. The number of carbonyl (C=O) groups is 2. The lowest BCUT2D eigenvalue weighted by Crippen LogP contribution is -2.49. The van der Waals surface area contributed by atoms with Crippen LogP contribution in [0.4, 0.5) is 4.79 Å². The molecule has 7 heteroatoms. The second-order valence-corrected chi connectivity index (χ2v) is 4.06. The molecular formula is C10H19N3O4. The molecule has 2 amide bonds. The minimum Gasteiger partial charge on any atom is -0.479 e. The van der Waals surface area contributed by atoms with Gasteiger partial charge in [0, 0.05) is 26.1 Å². The lowest BCUT2D eigenvalue weighted by molar-refractivity contribution is -0.146. The molecule has 0 unspecified atom stereocenters. The Labute approximate surface area is 99.8 Å². The first kappa shape index (κ1) is 13.7. The van der Waals surface area contributed by atoms with Crippen molar-refractivity contribution in [1.29, 1.82) is 0 Å². The third-order valence-corrected chi connectivity index (χ3v) is 2.60. The van der Waals surface area contributed by atoms with Crippen molar-refractivity contribution in [2.24, 2.45) is 0 Å². The normalized spacial score (nSPS) is 18.4. The SMILES string of the molecule is O=C(NCC[C@H](O)C(=O)O)NN1CCCCC1. The number of aliphatic carboxylic acids is 1. The van der Waals surface area contributed by atoms with Crippen LogP contribution in [-0.4, -0.2) is 53.0 Å². The third kappa shape index (κ3) is 5.50. The van der Waals surface area contributed by atoms with Gasteiger partial charge in [-0.2, -0.15) is 0 Å². The largest absolute Gasteiger partial charge is 0.479 e. The smallest absolute Gasteiger partial charge is 0.332 e. The van der Waals surface area contributed by atoms with Gasteiger partial charge in [-0.1, -0.05) is 6.42 Å². The van der Waals surface area contributed by atoms with Gasteiger partial charge in [-0.05, 0) is 12.8 Å². The summed E-state index contributed by atoms with van der Waals surface area (Å²) >= 11 is 0. The molecule has 98 valence electrons. The molecule has 0 radical (unpaired) electrons. The number of hydrazine groups is 1. The molecule has 1 rings (SSSR count). The summed E-state index contributed by atoms with van der Waals surface area (Å²) in [5.74, 6) is -1.27. The zero-order valence-electron chi connectivity index (χ0n) is 9.69. The highest BCUT2D eigenvalue weighted by atomic mass is 16.4. The van der Waals surface area contributed by atoms with E-state index in [1.807, 2.05) is 5.01 Å². The van der Waals surface area contributed by atoms with Crippen LogP contribution >= 0.6 is 0 Å². The maximum atomic E-state index is 11.4. The second kappa shape index (κ2) is 7.08. The molecule has 7 nitrogen and oxygen atoms in total. The van der Waals surface area contributed by atoms with E-state index in [0.717, 1.165) is 25.9 Å². The highest BCUT2D eigenvalue weighted by molar-refractivity contribution is 5.74. The van der Waals surface area contributed by atoms with Crippen molar-refractivity contribution >= 4 is 12.0 Å². The Hall–Kier alpha value is -1.34. The zero-order chi connectivity index (χ0) is 12.7. The van der Waals surface area contributed by atoms with E-state index in [1.165, 1.54) is 6.42 Å². The van der Waals surface area contributed by atoms with Gasteiger partial charge < -0.3 is 15.5 Å². The molecule has 1 fully saturated rings. The number of nitrogens with zero attached hydrogens (tertiary/aromatic N) is 1. The quantitative estimate of drug-likeness (QED) is 0.524. The topological polar surface area (TPSA) is 102 Å². The highest BCUT2D eigenvalue weighted by Crippen LogP contribution is 2.05. The predicted molar refractivity (Wildman–Crippen MR) is 60.2 cm³/mol. The summed E-state index contributed by atoms with van der Waals surface area (Å²) in [4.78, 5) is 21.7. The van der Waals surface area contributed by atoms with Gasteiger partial charge in [0.1, 0.15) is 0 Å². The van der Waals surface area contributed by atoms with E-state index in [9.17, 15) is 9.59 Å². The van der Waals surface area contributed by atoms with E-state index in [2.05, 4.69) is 10.7 Å². The standard InChI is InChI=1S/C10H19N3O4/c14-8(9(15)16)4-5-11-10(17)12-13-6-2-1-3-7-13/h8,14H,1-7H2,(H,15,16)(H2,11,12,17)/t8-/m0/s1. The summed E-state index contributed by atoms with van der Waals surface area (Å²) in [7, 11) is 0. The lowest BCUT2D eigenvalue weighted by atomic mass is 10.2. The molecule has 0 saturated carbocycles. The lowest BCUT2D eigenvalue weighted by Gasteiger charge is -2.26. The minimum absolute atomic E-state index is 0.00273. The van der Waals surface area contributed by atoms with Crippen molar-refractivity contribution in [1.82, 2.24) is 15.8 Å². The van der Waals surface area contributed by atoms with Crippen LogP contribution in [0.25, 0.3) is 0 Å². The fourth-order valence-corrected chi connectivity index (χ4v) is 1.63. The van der Waals surface area contributed by atoms with Crippen LogP contribution in [0, 0.1) is 0 Å². The number of urea groups is 1. The number of hydrogen-bond acceptors (Lipinski definition) is 4. The van der Waals surface area contributed by atoms with Gasteiger partial charge in [-0.3, -0.25) is 5.43 Å². The van der Waals surface area contributed by atoms with Crippen LogP contribution in [0.5, 0.6) is 0 Å². The number of aliphatic hydroxyl groups is 1. The molecule has 1 heterocycles. The first-order chi connectivity index (χ1) is 8.09. The maximum absolute atomic E-state index is 11.4. The van der Waals surface area contributed by atoms with Gasteiger partial charge in [0.25, 0.3) is 0 Å². The molecule has 1 saturated heterocycles. The van der Waals surface area contributed by atoms with E-state index in [1.54, 1.807) is 0 Å². The van der Waals surface area contributed by atoms with E-state index in [0.29, 0.717) is 0 Å². The second-order valence-electron chi connectivity index (χ2n) is 4.06. The molecule has 1 aliphatic heterocycles. The van der Waals surface area contributed by atoms with Crippen molar-refractivity contribution in [3.63, 3.8) is 0 Å². The Morgan fingerprint density at radius 3 is 2.47 bits per heavy atom. The van der Waals surface area contributed by atoms with Crippen molar-refractivity contribution in [3.05, 3.63) is 0 Å². The Morgan fingerprint density at radius 1 is 1.24 bits per heavy atom. The number of amides is 2. The third-order valence-electron chi connectivity index (χ3n) is 2.60. The number of aliphatic hydroxyl groups excluding tert-OH is 1. The molecular weight excluding hydrogens is 226 g/mol. The number of carboxylic acids is 1. The summed E-state index contributed by atoms with van der Waals surface area (Å²) < 4.78 is 0. The van der Waals surface area contributed by atoms with Crippen molar-refractivity contribution in [2.75, 3.05) is 19.6 Å². The first-order valence-electron chi connectivity index (χ1n) is 5.80. The van der Waals surface area contributed by atoms with Gasteiger partial charge in [0.2, 0.25) is 0 Å². The monoisotopic (exact) mass is 245 g/mol. The number of hydrogen-bond donors (Lipinski definition) is 4. The summed E-state index contributed by atoms with van der Waals surface area (Å²) in [5, 5.41) is 21.7. The maximum Gasteiger partial charge on any atom is 0.332 e. The average Bonchev–Trinajstić information content (AvgIpc) is 2.30. The fourth-order valence-electron chi connectivity index (χ4n) is 1.63. The van der Waals surface area contributed by atoms with Crippen LogP contribution in [-0.2, 0) is 4.79 Å². The summed E-state index contributed by atoms with van der Waals surface area (Å²) in [5.41, 5.74) is 2.68. The molecule has 17 heavy (non-hydrogen) atoms. The number of piperidine rings is 1.